The van der Waals surface area contributed by atoms with Crippen LogP contribution in [0.4, 0.5) is 11.4 Å². The number of hydrogen-bond donors (Lipinski definition) is 3. The highest BCUT2D eigenvalue weighted by molar-refractivity contribution is 7.92. The quantitative estimate of drug-likeness (QED) is 0.389. The van der Waals surface area contributed by atoms with Crippen molar-refractivity contribution in [2.24, 2.45) is 0 Å². The van der Waals surface area contributed by atoms with Gasteiger partial charge < -0.3 is 20.5 Å². The molecule has 0 saturated carbocycles. The Balaban J connectivity index is 1.35. The van der Waals surface area contributed by atoms with Crippen LogP contribution in [0.1, 0.15) is 52.3 Å². The number of nitrogens with one attached hydrogen (secondary N) is 3. The van der Waals surface area contributed by atoms with Gasteiger partial charge >= 0.3 is 0 Å². The number of fused-ring (bicyclic) bond motifs is 2. The normalized spacial score (nSPS) is 21.3. The molecule has 11 heteroatoms. The van der Waals surface area contributed by atoms with E-state index in [4.69, 9.17) is 11.6 Å². The van der Waals surface area contributed by atoms with Crippen LogP contribution in [0.3, 0.4) is 0 Å². The molecule has 3 aliphatic rings. The molecule has 6 rings (SSSR count). The number of carbonyl (C=O) groups is 2. The number of benzene rings is 2. The molecule has 0 spiro atoms. The second-order valence-corrected chi connectivity index (χ2v) is 13.5. The number of halogens is 1. The maximum absolute atomic E-state index is 13.7. The Morgan fingerprint density at radius 3 is 2.54 bits per heavy atom. The largest absolute Gasteiger partial charge is 0.358 e. The number of H-pyrrole nitrogens is 1. The Bertz CT molecular complexity index is 1740. The van der Waals surface area contributed by atoms with Crippen molar-refractivity contribution in [3.63, 3.8) is 0 Å². The van der Waals surface area contributed by atoms with Crippen molar-refractivity contribution in [1.82, 2.24) is 15.2 Å². The molecule has 0 radical (unpaired) electrons. The standard InChI is InChI=1S/C30H32ClN5O4S/c1-16-14-35(15-17(2)32-16)30(38)28-18(3)26(33-19(28)4)13-24-23-12-22(7-8-25(23)34-29(24)37)41(39,40)36-10-9-20-5-6-21(31)11-27(20)36/h5-8,11-13,16-17,32-33H,9-10,14-15H2,1-4H3,(H,34,37). The molecule has 2 unspecified atom stereocenters. The monoisotopic (exact) mass is 593 g/mol. The molecule has 2 aromatic carbocycles. The summed E-state index contributed by atoms with van der Waals surface area (Å²) in [5.74, 6) is -0.381. The van der Waals surface area contributed by atoms with Gasteiger partial charge in [0, 0.05) is 59.4 Å². The van der Waals surface area contributed by atoms with Gasteiger partial charge in [0.1, 0.15) is 0 Å². The van der Waals surface area contributed by atoms with Gasteiger partial charge in [0.05, 0.1) is 21.7 Å². The number of anilines is 2. The fraction of sp³-hybridized carbons (Fsp3) is 0.333. The summed E-state index contributed by atoms with van der Waals surface area (Å²) >= 11 is 6.17. The first-order valence-corrected chi connectivity index (χ1v) is 15.5. The number of piperazine rings is 1. The van der Waals surface area contributed by atoms with Crippen LogP contribution in [-0.2, 0) is 21.2 Å². The molecular weight excluding hydrogens is 562 g/mol. The predicted octanol–water partition coefficient (Wildman–Crippen LogP) is 4.35. The molecule has 2 amide bonds. The summed E-state index contributed by atoms with van der Waals surface area (Å²) in [4.78, 5) is 31.8. The number of aryl methyl sites for hydroxylation is 1. The number of nitrogens with zero attached hydrogens (tertiary/aromatic N) is 2. The van der Waals surface area contributed by atoms with Crippen LogP contribution in [0.15, 0.2) is 41.3 Å². The Labute approximate surface area is 244 Å². The highest BCUT2D eigenvalue weighted by atomic mass is 35.5. The van der Waals surface area contributed by atoms with E-state index >= 15 is 0 Å². The maximum atomic E-state index is 13.7. The molecular formula is C30H32ClN5O4S. The zero-order valence-corrected chi connectivity index (χ0v) is 24.9. The molecule has 1 aromatic heterocycles. The molecule has 3 aliphatic heterocycles. The van der Waals surface area contributed by atoms with E-state index in [1.54, 1.807) is 24.3 Å². The minimum atomic E-state index is -3.90. The van der Waals surface area contributed by atoms with Gasteiger partial charge in [0.15, 0.2) is 0 Å². The first-order valence-electron chi connectivity index (χ1n) is 13.7. The third kappa shape index (κ3) is 4.73. The van der Waals surface area contributed by atoms with Gasteiger partial charge in [0.2, 0.25) is 0 Å². The lowest BCUT2D eigenvalue weighted by Crippen LogP contribution is -2.55. The van der Waals surface area contributed by atoms with E-state index in [9.17, 15) is 18.0 Å². The van der Waals surface area contributed by atoms with E-state index in [1.807, 2.05) is 24.8 Å². The van der Waals surface area contributed by atoms with Crippen molar-refractivity contribution in [3.05, 3.63) is 75.1 Å². The molecule has 2 atom stereocenters. The summed E-state index contributed by atoms with van der Waals surface area (Å²) in [5.41, 5.74) is 5.55. The summed E-state index contributed by atoms with van der Waals surface area (Å²) in [5, 5.41) is 6.75. The van der Waals surface area contributed by atoms with E-state index in [0.29, 0.717) is 64.8 Å². The minimum absolute atomic E-state index is 0.0447. The summed E-state index contributed by atoms with van der Waals surface area (Å²) in [6.07, 6.45) is 2.30. The average molecular weight is 594 g/mol. The third-order valence-electron chi connectivity index (χ3n) is 8.09. The van der Waals surface area contributed by atoms with Crippen molar-refractivity contribution in [1.29, 1.82) is 0 Å². The average Bonchev–Trinajstić information content (AvgIpc) is 3.56. The topological polar surface area (TPSA) is 115 Å². The summed E-state index contributed by atoms with van der Waals surface area (Å²) < 4.78 is 28.8. The summed E-state index contributed by atoms with van der Waals surface area (Å²) in [6, 6.07) is 10.3. The van der Waals surface area contributed by atoms with Crippen LogP contribution in [0.2, 0.25) is 5.02 Å². The van der Waals surface area contributed by atoms with Crippen molar-refractivity contribution in [2.45, 2.75) is 51.1 Å². The van der Waals surface area contributed by atoms with Crippen LogP contribution < -0.4 is 14.9 Å². The summed E-state index contributed by atoms with van der Waals surface area (Å²) in [7, 11) is -3.90. The number of amides is 2. The summed E-state index contributed by atoms with van der Waals surface area (Å²) in [6.45, 7) is 9.38. The maximum Gasteiger partial charge on any atom is 0.264 e. The molecule has 41 heavy (non-hydrogen) atoms. The Kier molecular flexibility index (Phi) is 6.75. The molecule has 0 aliphatic carbocycles. The predicted molar refractivity (Wildman–Crippen MR) is 161 cm³/mol. The zero-order valence-electron chi connectivity index (χ0n) is 23.3. The van der Waals surface area contributed by atoms with Gasteiger partial charge in [-0.3, -0.25) is 13.9 Å². The van der Waals surface area contributed by atoms with Crippen molar-refractivity contribution < 1.29 is 18.0 Å². The van der Waals surface area contributed by atoms with Crippen LogP contribution in [0.25, 0.3) is 11.6 Å². The van der Waals surface area contributed by atoms with E-state index in [2.05, 4.69) is 29.5 Å². The number of rotatable bonds is 4. The lowest BCUT2D eigenvalue weighted by atomic mass is 10.0. The SMILES string of the molecule is Cc1[nH]c(C=C2C(=O)Nc3ccc(S(=O)(=O)N4CCc5ccc(Cl)cc54)cc32)c(C)c1C(=O)N1CC(C)NC(C)C1. The number of aromatic nitrogens is 1. The van der Waals surface area contributed by atoms with Gasteiger partial charge in [-0.05, 0) is 81.7 Å². The second kappa shape index (κ2) is 10.0. The molecule has 9 nitrogen and oxygen atoms in total. The van der Waals surface area contributed by atoms with Gasteiger partial charge in [0.25, 0.3) is 21.8 Å². The van der Waals surface area contributed by atoms with Gasteiger partial charge in [-0.1, -0.05) is 17.7 Å². The van der Waals surface area contributed by atoms with Crippen molar-refractivity contribution >= 4 is 56.5 Å². The number of carbonyl (C=O) groups excluding carboxylic acids is 2. The highest BCUT2D eigenvalue weighted by Gasteiger charge is 2.34. The van der Waals surface area contributed by atoms with E-state index in [1.165, 1.54) is 16.4 Å². The Morgan fingerprint density at radius 2 is 1.80 bits per heavy atom. The fourth-order valence-electron chi connectivity index (χ4n) is 6.21. The van der Waals surface area contributed by atoms with E-state index in [-0.39, 0.29) is 28.8 Å². The molecule has 214 valence electrons. The van der Waals surface area contributed by atoms with E-state index < -0.39 is 10.0 Å². The molecule has 0 bridgehead atoms. The van der Waals surface area contributed by atoms with Crippen LogP contribution >= 0.6 is 11.6 Å². The smallest absolute Gasteiger partial charge is 0.264 e. The first kappa shape index (κ1) is 27.6. The van der Waals surface area contributed by atoms with E-state index in [0.717, 1.165) is 16.8 Å². The third-order valence-corrected chi connectivity index (χ3v) is 10.1. The number of sulfonamides is 1. The molecule has 3 aromatic rings. The molecule has 1 fully saturated rings. The Hall–Kier alpha value is -3.60. The molecule has 4 heterocycles. The fourth-order valence-corrected chi connectivity index (χ4v) is 7.89. The van der Waals surface area contributed by atoms with Gasteiger partial charge in [-0.15, -0.1) is 0 Å². The first-order chi connectivity index (χ1) is 19.4. The van der Waals surface area contributed by atoms with Crippen LogP contribution in [-0.4, -0.2) is 61.8 Å². The van der Waals surface area contributed by atoms with Gasteiger partial charge in [-0.2, -0.15) is 0 Å². The Morgan fingerprint density at radius 1 is 1.07 bits per heavy atom. The molecule has 1 saturated heterocycles. The number of aromatic amines is 1. The van der Waals surface area contributed by atoms with Crippen molar-refractivity contribution in [3.8, 4) is 0 Å². The lowest BCUT2D eigenvalue weighted by molar-refractivity contribution is -0.110. The second-order valence-electron chi connectivity index (χ2n) is 11.2. The van der Waals surface area contributed by atoms with Gasteiger partial charge in [-0.25, -0.2) is 8.42 Å². The minimum Gasteiger partial charge on any atom is -0.358 e. The van der Waals surface area contributed by atoms with Crippen LogP contribution in [0, 0.1) is 13.8 Å². The zero-order chi connectivity index (χ0) is 29.2. The molecule has 3 N–H and O–H groups in total. The van der Waals surface area contributed by atoms with Crippen LogP contribution in [0.5, 0.6) is 0 Å². The van der Waals surface area contributed by atoms with Crippen molar-refractivity contribution in [2.75, 3.05) is 29.3 Å². The lowest BCUT2D eigenvalue weighted by Gasteiger charge is -2.36. The number of hydrogen-bond acceptors (Lipinski definition) is 5. The highest BCUT2D eigenvalue weighted by Crippen LogP contribution is 2.39.